The van der Waals surface area contributed by atoms with E-state index in [0.29, 0.717) is 11.8 Å². The number of para-hydroxylation sites is 1. The number of rotatable bonds is 4. The summed E-state index contributed by atoms with van der Waals surface area (Å²) in [5, 5.41) is 12.1. The standard InChI is InChI=1S/C23H21N5/c1-2-6-16-12-17(11-15(16)5-1)22-24-19-8-4-3-7-18(19)23(26-22)25-21-13-20(27-28-21)14-9-10-14/h1-8,13-14,17H,9-12H2,(H2,24,25,26,27,28). The van der Waals surface area contributed by atoms with Gasteiger partial charge in [0, 0.05) is 29.0 Å². The number of aromatic nitrogens is 4. The lowest BCUT2D eigenvalue weighted by molar-refractivity contribution is 0.688. The highest BCUT2D eigenvalue weighted by atomic mass is 15.2. The van der Waals surface area contributed by atoms with E-state index in [2.05, 4.69) is 58.0 Å². The van der Waals surface area contributed by atoms with Crippen LogP contribution in [0.15, 0.2) is 54.6 Å². The Kier molecular flexibility index (Phi) is 3.48. The lowest BCUT2D eigenvalue weighted by Gasteiger charge is -2.13. The van der Waals surface area contributed by atoms with Crippen LogP contribution in [-0.2, 0) is 12.8 Å². The van der Waals surface area contributed by atoms with E-state index in [1.54, 1.807) is 0 Å². The maximum Gasteiger partial charge on any atom is 0.153 e. The number of aromatic amines is 1. The summed E-state index contributed by atoms with van der Waals surface area (Å²) in [6.07, 6.45) is 4.51. The molecule has 0 radical (unpaired) electrons. The molecule has 5 heteroatoms. The normalized spacial score (nSPS) is 16.4. The molecule has 1 fully saturated rings. The largest absolute Gasteiger partial charge is 0.323 e. The van der Waals surface area contributed by atoms with Gasteiger partial charge in [-0.15, -0.1) is 0 Å². The van der Waals surface area contributed by atoms with Crippen molar-refractivity contribution >= 4 is 22.5 Å². The van der Waals surface area contributed by atoms with E-state index in [9.17, 15) is 0 Å². The fourth-order valence-corrected chi connectivity index (χ4v) is 4.24. The van der Waals surface area contributed by atoms with Gasteiger partial charge in [-0.05, 0) is 48.9 Å². The number of hydrogen-bond donors (Lipinski definition) is 2. The van der Waals surface area contributed by atoms with Crippen molar-refractivity contribution in [3.05, 3.63) is 77.2 Å². The molecular weight excluding hydrogens is 346 g/mol. The van der Waals surface area contributed by atoms with Crippen LogP contribution in [-0.4, -0.2) is 20.2 Å². The maximum atomic E-state index is 4.95. The molecule has 2 N–H and O–H groups in total. The predicted molar refractivity (Wildman–Crippen MR) is 110 cm³/mol. The van der Waals surface area contributed by atoms with Gasteiger partial charge in [-0.25, -0.2) is 9.97 Å². The molecule has 0 amide bonds. The third-order valence-electron chi connectivity index (χ3n) is 5.90. The maximum absolute atomic E-state index is 4.95. The summed E-state index contributed by atoms with van der Waals surface area (Å²) in [6, 6.07) is 19.0. The molecule has 2 heterocycles. The molecule has 1 saturated carbocycles. The molecular formula is C23H21N5. The summed E-state index contributed by atoms with van der Waals surface area (Å²) in [5.74, 6) is 3.55. The summed E-state index contributed by atoms with van der Waals surface area (Å²) >= 11 is 0. The molecule has 0 unspecified atom stereocenters. The van der Waals surface area contributed by atoms with Crippen molar-refractivity contribution in [3.63, 3.8) is 0 Å². The van der Waals surface area contributed by atoms with Crippen LogP contribution < -0.4 is 5.32 Å². The zero-order chi connectivity index (χ0) is 18.5. The molecule has 2 aliphatic rings. The van der Waals surface area contributed by atoms with Gasteiger partial charge in [0.1, 0.15) is 11.6 Å². The second kappa shape index (κ2) is 6.16. The molecule has 0 aliphatic heterocycles. The zero-order valence-electron chi connectivity index (χ0n) is 15.5. The first kappa shape index (κ1) is 15.8. The smallest absolute Gasteiger partial charge is 0.153 e. The molecule has 0 bridgehead atoms. The topological polar surface area (TPSA) is 66.5 Å². The number of benzene rings is 2. The quantitative estimate of drug-likeness (QED) is 0.541. The number of hydrogen-bond acceptors (Lipinski definition) is 4. The summed E-state index contributed by atoms with van der Waals surface area (Å²) in [6.45, 7) is 0. The van der Waals surface area contributed by atoms with Crippen LogP contribution >= 0.6 is 0 Å². The highest BCUT2D eigenvalue weighted by Crippen LogP contribution is 2.40. The van der Waals surface area contributed by atoms with Crippen LogP contribution in [0.2, 0.25) is 0 Å². The monoisotopic (exact) mass is 367 g/mol. The number of fused-ring (bicyclic) bond motifs is 2. The minimum absolute atomic E-state index is 0.323. The van der Waals surface area contributed by atoms with Gasteiger partial charge in [0.2, 0.25) is 0 Å². The van der Waals surface area contributed by atoms with Gasteiger partial charge in [0.15, 0.2) is 5.82 Å². The van der Waals surface area contributed by atoms with E-state index in [0.717, 1.165) is 41.2 Å². The third kappa shape index (κ3) is 2.74. The van der Waals surface area contributed by atoms with Crippen molar-refractivity contribution in [2.75, 3.05) is 5.32 Å². The molecule has 2 aliphatic carbocycles. The van der Waals surface area contributed by atoms with Gasteiger partial charge in [0.25, 0.3) is 0 Å². The molecule has 2 aromatic carbocycles. The highest BCUT2D eigenvalue weighted by Gasteiger charge is 2.27. The fourth-order valence-electron chi connectivity index (χ4n) is 4.24. The summed E-state index contributed by atoms with van der Waals surface area (Å²) in [4.78, 5) is 9.86. The van der Waals surface area contributed by atoms with Crippen LogP contribution in [0, 0.1) is 0 Å². The predicted octanol–water partition coefficient (Wildman–Crippen LogP) is 4.86. The Labute approximate surface area is 163 Å². The molecule has 138 valence electrons. The Hall–Kier alpha value is -3.21. The number of H-pyrrole nitrogens is 1. The summed E-state index contributed by atoms with van der Waals surface area (Å²) in [5.41, 5.74) is 5.02. The van der Waals surface area contributed by atoms with E-state index in [1.807, 2.05) is 12.1 Å². The van der Waals surface area contributed by atoms with Crippen LogP contribution in [0.1, 0.15) is 47.3 Å². The Morgan fingerprint density at radius 3 is 2.39 bits per heavy atom. The van der Waals surface area contributed by atoms with E-state index >= 15 is 0 Å². The molecule has 6 rings (SSSR count). The van der Waals surface area contributed by atoms with E-state index in [-0.39, 0.29) is 0 Å². The van der Waals surface area contributed by atoms with Crippen LogP contribution in [0.4, 0.5) is 11.6 Å². The molecule has 5 nitrogen and oxygen atoms in total. The average Bonchev–Trinajstić information content (AvgIpc) is 3.31. The average molecular weight is 367 g/mol. The second-order valence-corrected chi connectivity index (χ2v) is 7.93. The van der Waals surface area contributed by atoms with Crippen molar-refractivity contribution in [1.29, 1.82) is 0 Å². The van der Waals surface area contributed by atoms with Crippen molar-refractivity contribution in [3.8, 4) is 0 Å². The summed E-state index contributed by atoms with van der Waals surface area (Å²) in [7, 11) is 0. The molecule has 0 spiro atoms. The van der Waals surface area contributed by atoms with E-state index in [4.69, 9.17) is 9.97 Å². The summed E-state index contributed by atoms with van der Waals surface area (Å²) < 4.78 is 0. The fraction of sp³-hybridized carbons (Fsp3) is 0.261. The molecule has 0 atom stereocenters. The van der Waals surface area contributed by atoms with Crippen LogP contribution in [0.5, 0.6) is 0 Å². The van der Waals surface area contributed by atoms with Gasteiger partial charge in [-0.2, -0.15) is 5.10 Å². The molecule has 28 heavy (non-hydrogen) atoms. The lowest BCUT2D eigenvalue weighted by atomic mass is 10.1. The number of nitrogens with one attached hydrogen (secondary N) is 2. The third-order valence-corrected chi connectivity index (χ3v) is 5.90. The van der Waals surface area contributed by atoms with Gasteiger partial charge < -0.3 is 5.32 Å². The first-order valence-electron chi connectivity index (χ1n) is 9.99. The first-order valence-corrected chi connectivity index (χ1v) is 9.99. The molecule has 0 saturated heterocycles. The van der Waals surface area contributed by atoms with Gasteiger partial charge in [-0.1, -0.05) is 36.4 Å². The number of nitrogens with zero attached hydrogens (tertiary/aromatic N) is 3. The minimum atomic E-state index is 0.323. The Balaban J connectivity index is 1.38. The zero-order valence-corrected chi connectivity index (χ0v) is 15.5. The lowest BCUT2D eigenvalue weighted by Crippen LogP contribution is -2.07. The minimum Gasteiger partial charge on any atom is -0.323 e. The molecule has 2 aromatic heterocycles. The second-order valence-electron chi connectivity index (χ2n) is 7.93. The van der Waals surface area contributed by atoms with Gasteiger partial charge in [-0.3, -0.25) is 5.10 Å². The molecule has 4 aromatic rings. The van der Waals surface area contributed by atoms with E-state index in [1.165, 1.54) is 29.7 Å². The van der Waals surface area contributed by atoms with Crippen molar-refractivity contribution in [1.82, 2.24) is 20.2 Å². The Morgan fingerprint density at radius 1 is 0.857 bits per heavy atom. The van der Waals surface area contributed by atoms with Crippen molar-refractivity contribution in [2.24, 2.45) is 0 Å². The Morgan fingerprint density at radius 2 is 1.61 bits per heavy atom. The van der Waals surface area contributed by atoms with Gasteiger partial charge in [0.05, 0.1) is 5.52 Å². The Bertz CT molecular complexity index is 1150. The van der Waals surface area contributed by atoms with Crippen molar-refractivity contribution in [2.45, 2.75) is 37.5 Å². The number of anilines is 2. The van der Waals surface area contributed by atoms with Crippen LogP contribution in [0.3, 0.4) is 0 Å². The van der Waals surface area contributed by atoms with Crippen molar-refractivity contribution < 1.29 is 0 Å². The van der Waals surface area contributed by atoms with Gasteiger partial charge >= 0.3 is 0 Å². The SMILES string of the molecule is c1ccc2c(c1)CC(c1nc(Nc3cc(C4CC4)[nH]n3)c3ccccc3n1)C2. The van der Waals surface area contributed by atoms with E-state index < -0.39 is 0 Å². The highest BCUT2D eigenvalue weighted by molar-refractivity contribution is 5.90. The first-order chi connectivity index (χ1) is 13.8. The van der Waals surface area contributed by atoms with Crippen LogP contribution in [0.25, 0.3) is 10.9 Å².